The summed E-state index contributed by atoms with van der Waals surface area (Å²) in [6, 6.07) is 0. The van der Waals surface area contributed by atoms with Gasteiger partial charge in [0.25, 0.3) is 0 Å². The first-order valence-electron chi connectivity index (χ1n) is 1.44. The minimum atomic E-state index is -3.03. The fourth-order valence-electron chi connectivity index (χ4n) is 0. The van der Waals surface area contributed by atoms with Gasteiger partial charge in [-0.2, -0.15) is 0 Å². The first kappa shape index (κ1) is 10.2. The van der Waals surface area contributed by atoms with Crippen molar-refractivity contribution in [1.82, 2.24) is 0 Å². The van der Waals surface area contributed by atoms with Crippen LogP contribution in [0, 0.1) is 0 Å². The van der Waals surface area contributed by atoms with Crippen molar-refractivity contribution in [2.24, 2.45) is 5.73 Å². The third-order valence-electron chi connectivity index (χ3n) is 0. The van der Waals surface area contributed by atoms with Crippen LogP contribution in [-0.4, -0.2) is 27.8 Å². The minimum absolute atomic E-state index is 1.50. The smallest absolute Gasteiger partial charge is 0.333 e. The summed E-state index contributed by atoms with van der Waals surface area (Å²) in [5.74, 6) is 0. The monoisotopic (exact) mass is 129 g/mol. The van der Waals surface area contributed by atoms with Gasteiger partial charge in [0, 0.05) is 0 Å². The van der Waals surface area contributed by atoms with Gasteiger partial charge < -0.3 is 21.1 Å². The molecule has 0 saturated heterocycles. The minimum Gasteiger partial charge on any atom is -0.333 e. The molecule has 0 unspecified atom stereocenters. The molecular formula is C2H8ClNO3. The van der Waals surface area contributed by atoms with Gasteiger partial charge in [-0.25, -0.2) is 0 Å². The molecule has 5 heteroatoms. The zero-order valence-corrected chi connectivity index (χ0v) is 4.55. The predicted molar refractivity (Wildman–Crippen MR) is 25.4 cm³/mol. The van der Waals surface area contributed by atoms with E-state index in [1.807, 2.05) is 0 Å². The number of hydrogen-bond acceptors (Lipinski definition) is 4. The lowest BCUT2D eigenvalue weighted by atomic mass is 11.3. The lowest BCUT2D eigenvalue weighted by Gasteiger charge is -1.97. The van der Waals surface area contributed by atoms with Gasteiger partial charge in [-0.3, -0.25) is 0 Å². The highest BCUT2D eigenvalue weighted by Crippen LogP contribution is 1.94. The zero-order chi connectivity index (χ0) is 6.50. The summed E-state index contributed by atoms with van der Waals surface area (Å²) in [5, 5.41) is 22.2. The summed E-state index contributed by atoms with van der Waals surface area (Å²) in [6.45, 7) is 0. The summed E-state index contributed by atoms with van der Waals surface area (Å²) in [6.07, 6.45) is 0. The van der Waals surface area contributed by atoms with Gasteiger partial charge in [0.15, 0.2) is 0 Å². The highest BCUT2D eigenvalue weighted by molar-refractivity contribution is 6.20. The molecular weight excluding hydrogens is 121 g/mol. The molecule has 7 heavy (non-hydrogen) atoms. The average Bonchev–Trinajstić information content (AvgIpc) is 1.36. The number of nitrogens with two attached hydrogens (primary N) is 1. The van der Waals surface area contributed by atoms with Gasteiger partial charge in [0.05, 0.1) is 0 Å². The molecule has 0 aliphatic heterocycles. The average molecular weight is 130 g/mol. The second kappa shape index (κ2) is 4.29. The second-order valence-electron chi connectivity index (χ2n) is 0.554. The number of halogens is 1. The van der Waals surface area contributed by atoms with Crippen molar-refractivity contribution in [1.29, 1.82) is 0 Å². The van der Waals surface area contributed by atoms with Crippen LogP contribution in [0.2, 0.25) is 0 Å². The second-order valence-corrected chi connectivity index (χ2v) is 1.06. The van der Waals surface area contributed by atoms with Crippen LogP contribution in [0.15, 0.2) is 0 Å². The van der Waals surface area contributed by atoms with E-state index in [9.17, 15) is 0 Å². The fourth-order valence-corrected chi connectivity index (χ4v) is 0. The van der Waals surface area contributed by atoms with E-state index in [-0.39, 0.29) is 0 Å². The van der Waals surface area contributed by atoms with Crippen molar-refractivity contribution >= 4 is 11.6 Å². The van der Waals surface area contributed by atoms with E-state index < -0.39 is 5.43 Å². The van der Waals surface area contributed by atoms with E-state index in [0.29, 0.717) is 0 Å². The first-order chi connectivity index (χ1) is 3.00. The molecule has 0 bridgehead atoms. The van der Waals surface area contributed by atoms with Gasteiger partial charge in [-0.1, -0.05) is 0 Å². The maximum absolute atomic E-state index is 7.40. The van der Waals surface area contributed by atoms with Crippen molar-refractivity contribution in [2.75, 3.05) is 7.05 Å². The number of hydrogen-bond donors (Lipinski definition) is 4. The van der Waals surface area contributed by atoms with Crippen molar-refractivity contribution in [2.45, 2.75) is 5.43 Å². The summed E-state index contributed by atoms with van der Waals surface area (Å²) in [7, 11) is 1.50. The van der Waals surface area contributed by atoms with Crippen LogP contribution >= 0.6 is 11.6 Å². The largest absolute Gasteiger partial charge is 0.362 e. The maximum atomic E-state index is 7.40. The molecule has 0 aliphatic rings. The molecule has 0 spiro atoms. The van der Waals surface area contributed by atoms with E-state index in [1.54, 1.807) is 0 Å². The Morgan fingerprint density at radius 2 is 1.29 bits per heavy atom. The molecule has 0 atom stereocenters. The number of aliphatic hydroxyl groups is 3. The lowest BCUT2D eigenvalue weighted by Crippen LogP contribution is -2.16. The van der Waals surface area contributed by atoms with Gasteiger partial charge in [0.2, 0.25) is 0 Å². The number of rotatable bonds is 0. The van der Waals surface area contributed by atoms with Gasteiger partial charge in [-0.05, 0) is 18.6 Å². The Morgan fingerprint density at radius 3 is 1.29 bits per heavy atom. The fraction of sp³-hybridized carbons (Fsp3) is 1.00. The molecule has 0 aromatic rings. The molecule has 46 valence electrons. The Morgan fingerprint density at radius 1 is 1.29 bits per heavy atom. The normalized spacial score (nSPS) is 9.43. The Hall–Kier alpha value is 0.130. The van der Waals surface area contributed by atoms with Crippen LogP contribution in [0.3, 0.4) is 0 Å². The van der Waals surface area contributed by atoms with Crippen LogP contribution in [0.4, 0.5) is 0 Å². The topological polar surface area (TPSA) is 86.7 Å². The first-order valence-corrected chi connectivity index (χ1v) is 1.82. The van der Waals surface area contributed by atoms with Crippen molar-refractivity contribution in [3.8, 4) is 0 Å². The Balaban J connectivity index is 0. The van der Waals surface area contributed by atoms with E-state index in [4.69, 9.17) is 15.3 Å². The van der Waals surface area contributed by atoms with Crippen LogP contribution < -0.4 is 5.73 Å². The van der Waals surface area contributed by atoms with Gasteiger partial charge >= 0.3 is 5.43 Å². The molecule has 0 radical (unpaired) electrons. The molecule has 5 N–H and O–H groups in total. The molecule has 4 nitrogen and oxygen atoms in total. The molecule has 0 aromatic carbocycles. The molecule has 0 rings (SSSR count). The Labute approximate surface area is 46.1 Å². The number of alkyl halides is 1. The van der Waals surface area contributed by atoms with Crippen LogP contribution in [0.25, 0.3) is 0 Å². The third-order valence-corrected chi connectivity index (χ3v) is 0. The van der Waals surface area contributed by atoms with E-state index in [2.05, 4.69) is 17.3 Å². The summed E-state index contributed by atoms with van der Waals surface area (Å²) >= 11 is 4.20. The van der Waals surface area contributed by atoms with E-state index >= 15 is 0 Å². The summed E-state index contributed by atoms with van der Waals surface area (Å²) in [5.41, 5.74) is 1.47. The highest BCUT2D eigenvalue weighted by atomic mass is 35.5. The quantitative estimate of drug-likeness (QED) is 0.234. The van der Waals surface area contributed by atoms with Gasteiger partial charge in [0.1, 0.15) is 0 Å². The lowest BCUT2D eigenvalue weighted by molar-refractivity contribution is -0.242. The van der Waals surface area contributed by atoms with Crippen molar-refractivity contribution < 1.29 is 15.3 Å². The van der Waals surface area contributed by atoms with Crippen LogP contribution in [-0.2, 0) is 0 Å². The van der Waals surface area contributed by atoms with E-state index in [0.717, 1.165) is 0 Å². The third kappa shape index (κ3) is 6190. The maximum Gasteiger partial charge on any atom is 0.362 e. The Kier molecular flexibility index (Phi) is 6.24. The van der Waals surface area contributed by atoms with Crippen molar-refractivity contribution in [3.05, 3.63) is 0 Å². The SMILES string of the molecule is CN.OC(O)(O)Cl. The standard InChI is InChI=1S/CH3ClO3.CH5N/c2-1(3,4)5;1-2/h3-5H;2H2,1H3. The van der Waals surface area contributed by atoms with Crippen LogP contribution in [0.5, 0.6) is 0 Å². The molecule has 0 heterocycles. The molecule has 0 aliphatic carbocycles. The molecule has 0 aromatic heterocycles. The predicted octanol–water partition coefficient (Wildman–Crippen LogP) is -1.61. The summed E-state index contributed by atoms with van der Waals surface area (Å²) < 4.78 is 0. The highest BCUT2D eigenvalue weighted by Gasteiger charge is 2.08. The summed E-state index contributed by atoms with van der Waals surface area (Å²) in [4.78, 5) is 0. The van der Waals surface area contributed by atoms with Crippen LogP contribution in [0.1, 0.15) is 0 Å². The van der Waals surface area contributed by atoms with E-state index in [1.165, 1.54) is 7.05 Å². The van der Waals surface area contributed by atoms with Crippen molar-refractivity contribution in [3.63, 3.8) is 0 Å². The molecule has 0 amide bonds. The molecule has 0 saturated carbocycles. The van der Waals surface area contributed by atoms with Gasteiger partial charge in [-0.15, -0.1) is 0 Å². The molecule has 0 fully saturated rings. The zero-order valence-electron chi connectivity index (χ0n) is 3.80. The Bertz CT molecular complexity index is 28.4.